The number of Topliss-reactive ketones (excluding diaryl/α,β-unsaturated/α-hetero) is 2. The second kappa shape index (κ2) is 61.5. The zero-order chi connectivity index (χ0) is 108. The lowest BCUT2D eigenvalue weighted by Gasteiger charge is -2.63. The number of ketones is 3. The molecule has 10 rings (SSSR count). The molecular weight excluding hydrogens is 1980 g/mol. The summed E-state index contributed by atoms with van der Waals surface area (Å²) in [5.41, 5.74) is 10.5. The number of alkyl halides is 2. The average Bonchev–Trinajstić information content (AvgIpc) is 1.47. The number of hydrogen-bond acceptors (Lipinski definition) is 32. The van der Waals surface area contributed by atoms with E-state index in [1.807, 2.05) is 62.5 Å². The fourth-order valence-corrected chi connectivity index (χ4v) is 21.1. The van der Waals surface area contributed by atoms with Crippen molar-refractivity contribution >= 4 is 95.3 Å². The Bertz CT molecular complexity index is 5100. The highest BCUT2D eigenvalue weighted by Crippen LogP contribution is 2.72. The molecule has 5 aliphatic carbocycles. The Kier molecular flexibility index (Phi) is 49.8. The van der Waals surface area contributed by atoms with Crippen molar-refractivity contribution in [3.05, 3.63) is 130 Å². The molecule has 834 valence electrons. The number of carbonyl (C=O) groups excluding carboxylic acids is 11. The van der Waals surface area contributed by atoms with E-state index in [0.717, 1.165) is 53.4 Å². The number of allylic oxidation sites excluding steroid dienone is 5. The molecule has 14 atom stereocenters. The number of benzene rings is 3. The van der Waals surface area contributed by atoms with Gasteiger partial charge in [0.1, 0.15) is 31.5 Å². The summed E-state index contributed by atoms with van der Waals surface area (Å²) in [5.74, 6) is 4.38. The molecular formula is C104H156F2N15O28P. The number of halogens is 2. The Morgan fingerprint density at radius 2 is 1.28 bits per heavy atom. The van der Waals surface area contributed by atoms with Gasteiger partial charge in [-0.2, -0.15) is 0 Å². The minimum absolute atomic E-state index is 0.0384. The highest BCUT2D eigenvalue weighted by molar-refractivity contribution is 7.51. The Balaban J connectivity index is 0.672. The fourth-order valence-electron chi connectivity index (χ4n) is 20.8. The number of urea groups is 1. The highest BCUT2D eigenvalue weighted by atomic mass is 31.2. The lowest BCUT2D eigenvalue weighted by atomic mass is 9.44. The minimum atomic E-state index is -4.10. The fraction of sp³-hybridized carbons (Fsp3) is 0.644. The topological polar surface area (TPSA) is 599 Å². The van der Waals surface area contributed by atoms with Crippen LogP contribution in [0.25, 0.3) is 11.4 Å². The second-order valence-electron chi connectivity index (χ2n) is 39.0. The molecule has 3 aromatic rings. The third-order valence-corrected chi connectivity index (χ3v) is 29.1. The first kappa shape index (κ1) is 121. The summed E-state index contributed by atoms with van der Waals surface area (Å²) >= 11 is 0. The van der Waals surface area contributed by atoms with Crippen LogP contribution in [0.4, 0.5) is 29.7 Å². The van der Waals surface area contributed by atoms with Crippen molar-refractivity contribution in [1.29, 1.82) is 0 Å². The van der Waals surface area contributed by atoms with E-state index in [4.69, 9.17) is 88.8 Å². The summed E-state index contributed by atoms with van der Waals surface area (Å²) in [5, 5.41) is 38.0. The predicted octanol–water partition coefficient (Wildman–Crippen LogP) is 5.85. The summed E-state index contributed by atoms with van der Waals surface area (Å²) in [4.78, 5) is 170. The molecule has 0 aromatic heterocycles. The van der Waals surface area contributed by atoms with E-state index in [2.05, 4.69) is 58.7 Å². The van der Waals surface area contributed by atoms with Crippen molar-refractivity contribution in [2.45, 2.75) is 224 Å². The maximum absolute atomic E-state index is 18.1. The first-order valence-electron chi connectivity index (χ1n) is 52.1. The van der Waals surface area contributed by atoms with Crippen molar-refractivity contribution in [3.63, 3.8) is 0 Å². The number of ether oxygens (including phenoxy) is 13. The van der Waals surface area contributed by atoms with Gasteiger partial charge < -0.3 is 146 Å². The van der Waals surface area contributed by atoms with Crippen LogP contribution >= 0.6 is 7.60 Å². The van der Waals surface area contributed by atoms with E-state index in [1.54, 1.807) is 49.9 Å². The molecule has 3 aromatic carbocycles. The van der Waals surface area contributed by atoms with E-state index in [0.29, 0.717) is 114 Å². The molecule has 0 spiro atoms. The number of para-hydroxylation sites is 1. The van der Waals surface area contributed by atoms with Gasteiger partial charge in [0.2, 0.25) is 35.4 Å². The maximum Gasteiger partial charge on any atom is 0.407 e. The van der Waals surface area contributed by atoms with Gasteiger partial charge in [-0.25, -0.2) is 18.4 Å². The van der Waals surface area contributed by atoms with Crippen LogP contribution in [0.15, 0.2) is 108 Å². The SMILES string of the molecule is CCCC1O[C@@H]2C[C@H]3[C@@H]4C[C@H](F)C5=CC(=O)C=C[C@]5(C)[C@@]4(F)[C@@H](O)C[C@]3(C)[C@]2(C(=O)CNC(=O)OCc2ccc(NC(=O)[C@H](CCCNC(N)=O)CC(=O)[C@@H](NC(=O)[C@@H](CCCCNC(=O)COC3CCCCCC(NCCOCCOCCOCCOCCOCCP(=O)(O)O)=C3NN)NC(=O)CCOCCOCCOCCOCCNC(=O)CCC(=O)N3Cc4ccccc4/C(NC)=C(/NN)c4ccccc43)C(C)C)cc2)O1. The number of hydrogen-bond donors (Lipinski definition) is 17. The molecule has 20 N–H and O–H groups in total. The molecule has 3 saturated carbocycles. The van der Waals surface area contributed by atoms with Crippen molar-refractivity contribution < 1.29 is 143 Å². The number of aliphatic hydroxyl groups excluding tert-OH is 1. The summed E-state index contributed by atoms with van der Waals surface area (Å²) in [7, 11) is -2.29. The van der Waals surface area contributed by atoms with Crippen LogP contribution < -0.4 is 81.0 Å². The van der Waals surface area contributed by atoms with Gasteiger partial charge in [0.25, 0.3) is 0 Å². The Morgan fingerprint density at radius 1 is 0.653 bits per heavy atom. The van der Waals surface area contributed by atoms with Crippen molar-refractivity contribution in [3.8, 4) is 0 Å². The number of anilines is 2. The molecule has 1 saturated heterocycles. The maximum atomic E-state index is 18.1. The van der Waals surface area contributed by atoms with Gasteiger partial charge in [-0.05, 0) is 143 Å². The van der Waals surface area contributed by atoms with Gasteiger partial charge in [0.15, 0.2) is 34.9 Å². The molecule has 2 aliphatic heterocycles. The first-order valence-corrected chi connectivity index (χ1v) is 53.9. The zero-order valence-electron chi connectivity index (χ0n) is 87.0. The Labute approximate surface area is 874 Å². The van der Waals surface area contributed by atoms with E-state index >= 15 is 8.78 Å². The number of hydrazine groups is 2. The predicted molar refractivity (Wildman–Crippen MR) is 549 cm³/mol. The lowest BCUT2D eigenvalue weighted by Crippen LogP contribution is -2.71. The zero-order valence-corrected chi connectivity index (χ0v) is 87.9. The molecule has 46 heteroatoms. The lowest BCUT2D eigenvalue weighted by molar-refractivity contribution is -0.233. The normalized spacial score (nSPS) is 23.4. The molecule has 0 radical (unpaired) electrons. The van der Waals surface area contributed by atoms with Crippen LogP contribution in [0.3, 0.4) is 0 Å². The van der Waals surface area contributed by atoms with Crippen LogP contribution in [0.1, 0.15) is 179 Å². The van der Waals surface area contributed by atoms with E-state index in [9.17, 15) is 62.4 Å². The van der Waals surface area contributed by atoms with Crippen molar-refractivity contribution in [2.24, 2.45) is 51.9 Å². The van der Waals surface area contributed by atoms with Gasteiger partial charge in [-0.1, -0.05) is 108 Å². The number of alkyl carbamates (subject to hydrolysis) is 1. The molecule has 7 aliphatic rings. The first-order chi connectivity index (χ1) is 72.1. The van der Waals surface area contributed by atoms with Crippen LogP contribution in [0.2, 0.25) is 0 Å². The van der Waals surface area contributed by atoms with Crippen LogP contribution in [0.5, 0.6) is 0 Å². The van der Waals surface area contributed by atoms with Crippen molar-refractivity contribution in [2.75, 3.05) is 182 Å². The smallest absolute Gasteiger partial charge is 0.407 e. The molecule has 150 heavy (non-hydrogen) atoms. The third kappa shape index (κ3) is 34.8. The van der Waals surface area contributed by atoms with E-state index in [1.165, 1.54) is 19.1 Å². The standard InChI is InChI=1S/C104H156F2N15O28P/c1-7-18-92-148-87-62-76-77-61-79(105)78-60-73(122)33-35-101(78,4)103(77,106)85(124)63-102(76,5)104(87,149-92)86(125)64-115-100(133)147-66-69-27-29-72(30-28-69)116-97(130)70(20-17-37-114-99(107)132)59-83(123)93(68(2)3)118-98(131)81(24-15-16-36-112-90(128)67-146-84-26-10-8-9-23-80(96(84)120-109)111-38-41-138-44-47-141-51-52-143-53-54-144-55-56-145-57-58-150(134,135)136)117-89(127)34-40-137-43-46-140-49-50-142-48-45-139-42-39-113-88(126)31-32-91(129)121-65-71-19-11-12-21-74(71)94(110-6)95(119-108)75-22-13-14-25-82(75)121/h11-14,19,21-22,25,27-30,33,35,60,68,70,76-77,79,81,84-85,87,92-93,110-111,119-120,124H,7-10,15-18,20,23-24,26,31-32,34,36-59,61-67,108-109H2,1-6H3,(H,112,128)(H,113,126)(H,115,133)(H,116,130)(H,117,127)(H,118,131)(H3,107,114,132)(H2,134,135,136)/b95-94-,96-80?/t70-,76+,77+,79+,81-,84?,85+,87-,92?,93+,101+,102+,103+,104-/m1/s1. The number of aliphatic hydroxyl groups is 1. The molecule has 2 heterocycles. The number of nitrogens with one attached hydrogen (secondary N) is 11. The van der Waals surface area contributed by atoms with Gasteiger partial charge >= 0.3 is 19.7 Å². The van der Waals surface area contributed by atoms with Gasteiger partial charge in [-0.3, -0.25) is 59.4 Å². The molecule has 9 amide bonds. The Hall–Kier alpha value is -10.4. The summed E-state index contributed by atoms with van der Waals surface area (Å²) < 4.78 is 120. The number of nitrogens with two attached hydrogens (primary N) is 3. The molecule has 0 bridgehead atoms. The summed E-state index contributed by atoms with van der Waals surface area (Å²) in [6.45, 7) is 12.6. The van der Waals surface area contributed by atoms with Gasteiger partial charge in [0, 0.05) is 104 Å². The van der Waals surface area contributed by atoms with Gasteiger partial charge in [0.05, 0.1) is 179 Å². The number of amides is 9. The van der Waals surface area contributed by atoms with E-state index in [-0.39, 0.29) is 206 Å². The molecule has 2 unspecified atom stereocenters. The van der Waals surface area contributed by atoms with Crippen LogP contribution in [-0.2, 0) is 122 Å². The largest absolute Gasteiger partial charge is 0.445 e. The summed E-state index contributed by atoms with van der Waals surface area (Å²) in [6, 6.07) is 18.2. The highest BCUT2D eigenvalue weighted by Gasteiger charge is 2.80. The van der Waals surface area contributed by atoms with Crippen LogP contribution in [0, 0.1) is 34.5 Å². The van der Waals surface area contributed by atoms with Crippen molar-refractivity contribution in [1.82, 2.24) is 53.4 Å². The summed E-state index contributed by atoms with van der Waals surface area (Å²) in [6.07, 6.45) is 1.27. The number of carbonyl (C=O) groups is 11. The number of primary amides is 1. The van der Waals surface area contributed by atoms with E-state index < -0.39 is 156 Å². The minimum Gasteiger partial charge on any atom is -0.445 e. The van der Waals surface area contributed by atoms with Gasteiger partial charge in [-0.15, -0.1) is 0 Å². The number of nitrogens with zero attached hydrogens (tertiary/aromatic N) is 1. The number of rotatable bonds is 68. The molecule has 4 fully saturated rings. The molecule has 43 nitrogen and oxygen atoms in total. The Morgan fingerprint density at radius 3 is 1.92 bits per heavy atom. The number of fused-ring (bicyclic) bond motifs is 9. The second-order valence-corrected chi connectivity index (χ2v) is 40.8. The average molecular weight is 2130 g/mol. The number of unbranched alkanes of at least 4 members (excludes halogenated alkanes) is 1. The third-order valence-electron chi connectivity index (χ3n) is 28.4. The monoisotopic (exact) mass is 2130 g/mol. The quantitative estimate of drug-likeness (QED) is 0.0136. The van der Waals surface area contributed by atoms with Crippen LogP contribution in [-0.4, -0.2) is 305 Å².